The molecular formula is C22H29N5O3. The molecule has 2 fully saturated rings. The summed E-state index contributed by atoms with van der Waals surface area (Å²) in [5.41, 5.74) is 2.91. The van der Waals surface area contributed by atoms with Crippen LogP contribution in [-0.4, -0.2) is 55.8 Å². The average molecular weight is 412 g/mol. The summed E-state index contributed by atoms with van der Waals surface area (Å²) in [4.78, 5) is 46.4. The molecule has 8 nitrogen and oxygen atoms in total. The van der Waals surface area contributed by atoms with E-state index in [-0.39, 0.29) is 23.3 Å². The third kappa shape index (κ3) is 3.42. The van der Waals surface area contributed by atoms with Crippen LogP contribution in [0.25, 0.3) is 5.65 Å². The average Bonchev–Trinajstić information content (AvgIpc) is 3.52. The molecule has 1 saturated carbocycles. The van der Waals surface area contributed by atoms with E-state index in [4.69, 9.17) is 4.98 Å². The number of nitrogens with one attached hydrogen (secondary N) is 1. The lowest BCUT2D eigenvalue weighted by Crippen LogP contribution is -2.40. The Morgan fingerprint density at radius 3 is 2.80 bits per heavy atom. The van der Waals surface area contributed by atoms with Crippen LogP contribution in [0, 0.1) is 5.92 Å². The Morgan fingerprint density at radius 1 is 1.20 bits per heavy atom. The molecule has 2 aromatic rings. The second kappa shape index (κ2) is 7.56. The van der Waals surface area contributed by atoms with Gasteiger partial charge in [0.05, 0.1) is 17.8 Å². The predicted molar refractivity (Wildman–Crippen MR) is 111 cm³/mol. The number of rotatable bonds is 4. The number of amides is 2. The molecular weight excluding hydrogens is 382 g/mol. The highest BCUT2D eigenvalue weighted by Gasteiger charge is 2.36. The maximum Gasteiger partial charge on any atom is 0.277 e. The third-order valence-electron chi connectivity index (χ3n) is 6.70. The molecule has 5 rings (SSSR count). The van der Waals surface area contributed by atoms with E-state index in [1.165, 1.54) is 4.52 Å². The van der Waals surface area contributed by atoms with Gasteiger partial charge in [0.2, 0.25) is 11.8 Å². The minimum atomic E-state index is -0.114. The van der Waals surface area contributed by atoms with Crippen LogP contribution in [0.4, 0.5) is 0 Å². The molecule has 0 unspecified atom stereocenters. The van der Waals surface area contributed by atoms with Crippen molar-refractivity contribution < 1.29 is 9.59 Å². The number of likely N-dealkylation sites (tertiary alicyclic amines) is 1. The second-order valence-corrected chi connectivity index (χ2v) is 8.96. The smallest absolute Gasteiger partial charge is 0.277 e. The highest BCUT2D eigenvalue weighted by molar-refractivity contribution is 5.81. The summed E-state index contributed by atoms with van der Waals surface area (Å²) in [6, 6.07) is 1.96. The van der Waals surface area contributed by atoms with Crippen molar-refractivity contribution in [2.75, 3.05) is 19.6 Å². The first-order valence-corrected chi connectivity index (χ1v) is 11.2. The number of carbonyl (C=O) groups excluding carboxylic acids is 2. The van der Waals surface area contributed by atoms with Gasteiger partial charge < -0.3 is 9.80 Å². The quantitative estimate of drug-likeness (QED) is 0.831. The molecule has 0 bridgehead atoms. The van der Waals surface area contributed by atoms with E-state index >= 15 is 0 Å². The highest BCUT2D eigenvalue weighted by Crippen LogP contribution is 2.34. The molecule has 1 N–H and O–H groups in total. The fourth-order valence-corrected chi connectivity index (χ4v) is 4.81. The SMILES string of the molecule is CCCC(=O)N1CCc2nc3cc([C@@H]4CCCN(C(=O)C5CC5)C4)[nH]n3c(=O)c2C1. The lowest BCUT2D eigenvalue weighted by molar-refractivity contribution is -0.134. The van der Waals surface area contributed by atoms with Gasteiger partial charge in [0.25, 0.3) is 5.56 Å². The zero-order chi connectivity index (χ0) is 20.8. The summed E-state index contributed by atoms with van der Waals surface area (Å²) in [6.07, 6.45) is 5.95. The van der Waals surface area contributed by atoms with Crippen molar-refractivity contribution >= 4 is 17.5 Å². The summed E-state index contributed by atoms with van der Waals surface area (Å²) in [5, 5.41) is 3.26. The number of aromatic amines is 1. The van der Waals surface area contributed by atoms with Gasteiger partial charge >= 0.3 is 0 Å². The maximum atomic E-state index is 13.2. The fraction of sp³-hybridized carbons (Fsp3) is 0.636. The molecule has 160 valence electrons. The van der Waals surface area contributed by atoms with Gasteiger partial charge in [0.1, 0.15) is 0 Å². The number of hydrogen-bond donors (Lipinski definition) is 1. The molecule has 1 atom stereocenters. The molecule has 30 heavy (non-hydrogen) atoms. The van der Waals surface area contributed by atoms with Crippen LogP contribution in [0.1, 0.15) is 68.3 Å². The van der Waals surface area contributed by atoms with Gasteiger partial charge in [-0.15, -0.1) is 0 Å². The van der Waals surface area contributed by atoms with Crippen molar-refractivity contribution in [2.45, 2.75) is 64.3 Å². The Morgan fingerprint density at radius 2 is 2.03 bits per heavy atom. The lowest BCUT2D eigenvalue weighted by atomic mass is 9.94. The molecule has 1 aliphatic carbocycles. The summed E-state index contributed by atoms with van der Waals surface area (Å²) in [6.45, 7) is 4.48. The van der Waals surface area contributed by atoms with Crippen molar-refractivity contribution in [2.24, 2.45) is 5.92 Å². The Bertz CT molecular complexity index is 1050. The van der Waals surface area contributed by atoms with Gasteiger partial charge in [0.15, 0.2) is 5.65 Å². The Hall–Kier alpha value is -2.64. The summed E-state index contributed by atoms with van der Waals surface area (Å²) in [5.74, 6) is 0.823. The van der Waals surface area contributed by atoms with Crippen LogP contribution in [0.5, 0.6) is 0 Å². The predicted octanol–water partition coefficient (Wildman–Crippen LogP) is 1.82. The molecule has 2 amide bonds. The molecule has 1 saturated heterocycles. The number of carbonyl (C=O) groups is 2. The van der Waals surface area contributed by atoms with Crippen molar-refractivity contribution in [1.29, 1.82) is 0 Å². The number of H-pyrrole nitrogens is 1. The fourth-order valence-electron chi connectivity index (χ4n) is 4.81. The normalized spacial score (nSPS) is 21.7. The Balaban J connectivity index is 1.41. The number of fused-ring (bicyclic) bond motifs is 2. The zero-order valence-electron chi connectivity index (χ0n) is 17.5. The lowest BCUT2D eigenvalue weighted by Gasteiger charge is -2.32. The number of nitrogens with zero attached hydrogens (tertiary/aromatic N) is 4. The van der Waals surface area contributed by atoms with Crippen LogP contribution in [0.3, 0.4) is 0 Å². The monoisotopic (exact) mass is 411 g/mol. The van der Waals surface area contributed by atoms with Crippen molar-refractivity contribution in [1.82, 2.24) is 24.4 Å². The Labute approximate surface area is 175 Å². The van der Waals surface area contributed by atoms with Gasteiger partial charge in [-0.05, 0) is 32.1 Å². The molecule has 2 aliphatic heterocycles. The molecule has 0 radical (unpaired) electrons. The van der Waals surface area contributed by atoms with Crippen LogP contribution < -0.4 is 5.56 Å². The second-order valence-electron chi connectivity index (χ2n) is 8.96. The number of aromatic nitrogens is 3. The van der Waals surface area contributed by atoms with Crippen molar-refractivity contribution in [3.8, 4) is 0 Å². The number of piperidine rings is 1. The molecule has 8 heteroatoms. The summed E-state index contributed by atoms with van der Waals surface area (Å²) >= 11 is 0. The third-order valence-corrected chi connectivity index (χ3v) is 6.70. The molecule has 0 aromatic carbocycles. The Kier molecular flexibility index (Phi) is 4.87. The van der Waals surface area contributed by atoms with Gasteiger partial charge in [-0.3, -0.25) is 19.5 Å². The first kappa shape index (κ1) is 19.3. The zero-order valence-corrected chi connectivity index (χ0v) is 17.5. The number of hydrogen-bond acceptors (Lipinski definition) is 4. The van der Waals surface area contributed by atoms with Gasteiger partial charge in [-0.2, -0.15) is 0 Å². The molecule has 4 heterocycles. The van der Waals surface area contributed by atoms with Crippen LogP contribution in [-0.2, 0) is 22.6 Å². The van der Waals surface area contributed by atoms with Crippen molar-refractivity contribution in [3.63, 3.8) is 0 Å². The van der Waals surface area contributed by atoms with Gasteiger partial charge in [0, 0.05) is 56.1 Å². The molecule has 0 spiro atoms. The summed E-state index contributed by atoms with van der Waals surface area (Å²) in [7, 11) is 0. The van der Waals surface area contributed by atoms with Gasteiger partial charge in [-0.1, -0.05) is 6.92 Å². The van der Waals surface area contributed by atoms with Crippen LogP contribution in [0.15, 0.2) is 10.9 Å². The van der Waals surface area contributed by atoms with E-state index in [2.05, 4.69) is 5.10 Å². The maximum absolute atomic E-state index is 13.2. The van der Waals surface area contributed by atoms with Gasteiger partial charge in [-0.25, -0.2) is 9.50 Å². The van der Waals surface area contributed by atoms with E-state index in [0.717, 1.165) is 50.0 Å². The topological polar surface area (TPSA) is 90.8 Å². The largest absolute Gasteiger partial charge is 0.342 e. The van der Waals surface area contributed by atoms with Crippen LogP contribution >= 0.6 is 0 Å². The minimum absolute atomic E-state index is 0.0995. The first-order valence-electron chi connectivity index (χ1n) is 11.2. The van der Waals surface area contributed by atoms with Crippen molar-refractivity contribution in [3.05, 3.63) is 33.4 Å². The van der Waals surface area contributed by atoms with E-state index in [1.54, 1.807) is 4.90 Å². The standard InChI is InChI=1S/C22H29N5O3/c1-2-4-20(28)25-10-8-17-16(13-25)22(30)27-19(23-17)11-18(24-27)15-5-3-9-26(12-15)21(29)14-6-7-14/h11,14-15,24H,2-10,12-13H2,1H3/t15-/m1/s1. The van der Waals surface area contributed by atoms with E-state index in [1.807, 2.05) is 17.9 Å². The minimum Gasteiger partial charge on any atom is -0.342 e. The first-order chi connectivity index (χ1) is 14.5. The van der Waals surface area contributed by atoms with E-state index in [0.29, 0.717) is 49.6 Å². The van der Waals surface area contributed by atoms with Crippen LogP contribution in [0.2, 0.25) is 0 Å². The summed E-state index contributed by atoms with van der Waals surface area (Å²) < 4.78 is 1.52. The molecule has 2 aromatic heterocycles. The van der Waals surface area contributed by atoms with E-state index in [9.17, 15) is 14.4 Å². The van der Waals surface area contributed by atoms with E-state index < -0.39 is 0 Å². The molecule has 3 aliphatic rings. The highest BCUT2D eigenvalue weighted by atomic mass is 16.2.